The lowest BCUT2D eigenvalue weighted by atomic mass is 9.76. The van der Waals surface area contributed by atoms with Crippen LogP contribution in [0, 0.1) is 20.8 Å². The molecule has 5 rings (SSSR count). The van der Waals surface area contributed by atoms with E-state index < -0.39 is 18.3 Å². The molecular formula is C30H30BBr2N3O2. The first-order valence-corrected chi connectivity index (χ1v) is 14.2. The van der Waals surface area contributed by atoms with Crippen molar-refractivity contribution in [2.75, 3.05) is 0 Å². The van der Waals surface area contributed by atoms with Crippen molar-refractivity contribution in [1.82, 2.24) is 15.0 Å². The zero-order valence-corrected chi connectivity index (χ0v) is 25.9. The molecule has 0 radical (unpaired) electrons. The summed E-state index contributed by atoms with van der Waals surface area (Å²) in [6.07, 6.45) is 0. The van der Waals surface area contributed by atoms with E-state index in [0.717, 1.165) is 47.8 Å². The van der Waals surface area contributed by atoms with Gasteiger partial charge in [-0.15, -0.1) is 0 Å². The molecule has 194 valence electrons. The molecular weight excluding hydrogens is 605 g/mol. The van der Waals surface area contributed by atoms with E-state index in [4.69, 9.17) is 24.3 Å². The van der Waals surface area contributed by atoms with Crippen molar-refractivity contribution in [3.63, 3.8) is 0 Å². The molecule has 0 spiro atoms. The average Bonchev–Trinajstić information content (AvgIpc) is 3.08. The largest absolute Gasteiger partial charge is 0.495 e. The molecule has 38 heavy (non-hydrogen) atoms. The van der Waals surface area contributed by atoms with Gasteiger partial charge in [0.05, 0.1) is 11.2 Å². The van der Waals surface area contributed by atoms with Gasteiger partial charge in [0.25, 0.3) is 0 Å². The number of rotatable bonds is 4. The molecule has 1 fully saturated rings. The van der Waals surface area contributed by atoms with Crippen molar-refractivity contribution in [2.24, 2.45) is 0 Å². The van der Waals surface area contributed by atoms with Crippen LogP contribution in [0.5, 0.6) is 0 Å². The van der Waals surface area contributed by atoms with Gasteiger partial charge in [0.1, 0.15) is 0 Å². The number of benzene rings is 3. The molecule has 4 aromatic rings. The highest BCUT2D eigenvalue weighted by Crippen LogP contribution is 2.37. The van der Waals surface area contributed by atoms with E-state index in [1.165, 1.54) is 0 Å². The Hall–Kier alpha value is -2.39. The fourth-order valence-corrected chi connectivity index (χ4v) is 4.87. The fourth-order valence-electron chi connectivity index (χ4n) is 4.38. The first-order valence-electron chi connectivity index (χ1n) is 12.6. The van der Waals surface area contributed by atoms with Gasteiger partial charge >= 0.3 is 7.12 Å². The van der Waals surface area contributed by atoms with Gasteiger partial charge in [-0.2, -0.15) is 0 Å². The highest BCUT2D eigenvalue weighted by molar-refractivity contribution is 9.10. The molecule has 0 bridgehead atoms. The smallest absolute Gasteiger partial charge is 0.399 e. The van der Waals surface area contributed by atoms with Gasteiger partial charge in [-0.3, -0.25) is 0 Å². The molecule has 0 amide bonds. The monoisotopic (exact) mass is 633 g/mol. The molecule has 1 aromatic heterocycles. The van der Waals surface area contributed by atoms with Crippen molar-refractivity contribution in [3.8, 4) is 34.2 Å². The minimum Gasteiger partial charge on any atom is -0.399 e. The Morgan fingerprint density at radius 1 is 0.579 bits per heavy atom. The second-order valence-corrected chi connectivity index (χ2v) is 12.6. The van der Waals surface area contributed by atoms with Gasteiger partial charge in [-0.1, -0.05) is 61.7 Å². The molecule has 2 heterocycles. The van der Waals surface area contributed by atoms with Crippen LogP contribution in [-0.2, 0) is 9.31 Å². The molecule has 1 aliphatic rings. The number of nitrogens with zero attached hydrogens (tertiary/aromatic N) is 3. The summed E-state index contributed by atoms with van der Waals surface area (Å²) >= 11 is 7.19. The van der Waals surface area contributed by atoms with E-state index in [1.807, 2.05) is 30.3 Å². The Balaban J connectivity index is 1.60. The predicted octanol–water partition coefficient (Wildman–Crippen LogP) is 7.62. The van der Waals surface area contributed by atoms with Gasteiger partial charge < -0.3 is 9.31 Å². The predicted molar refractivity (Wildman–Crippen MR) is 161 cm³/mol. The van der Waals surface area contributed by atoms with E-state index in [0.29, 0.717) is 17.5 Å². The molecule has 1 aliphatic heterocycles. The highest BCUT2D eigenvalue weighted by atomic mass is 79.9. The van der Waals surface area contributed by atoms with E-state index in [2.05, 4.69) is 105 Å². The maximum Gasteiger partial charge on any atom is 0.495 e. The number of aryl methyl sites for hydroxylation is 3. The van der Waals surface area contributed by atoms with Crippen LogP contribution in [0.1, 0.15) is 44.4 Å². The number of halogens is 2. The molecule has 5 nitrogen and oxygen atoms in total. The van der Waals surface area contributed by atoms with Crippen LogP contribution in [0.4, 0.5) is 0 Å². The third kappa shape index (κ3) is 5.11. The summed E-state index contributed by atoms with van der Waals surface area (Å²) in [4.78, 5) is 14.7. The van der Waals surface area contributed by atoms with Gasteiger partial charge in [-0.05, 0) is 95.4 Å². The summed E-state index contributed by atoms with van der Waals surface area (Å²) in [7, 11) is -0.421. The maximum atomic E-state index is 6.30. The fraction of sp³-hybridized carbons (Fsp3) is 0.300. The quantitative estimate of drug-likeness (QED) is 0.216. The Morgan fingerprint density at radius 2 is 0.947 bits per heavy atom. The summed E-state index contributed by atoms with van der Waals surface area (Å²) in [6.45, 7) is 14.5. The SMILES string of the molecule is Cc1cc(-c2nc(-c3ccc(Br)c(C)c3)nc(-c3ccc(B4OC(C)(C)C(C)(C)O4)c(C)c3)n2)ccc1Br. The summed E-state index contributed by atoms with van der Waals surface area (Å²) in [5, 5.41) is 0. The molecule has 8 heteroatoms. The maximum absolute atomic E-state index is 6.30. The molecule has 0 unspecified atom stereocenters. The normalized spacial score (nSPS) is 16.2. The average molecular weight is 635 g/mol. The standard InChI is InChI=1S/C30H30BBr2N3O2/c1-17-14-20(8-11-23(17)31-37-29(4,5)30(6,7)38-31)26-34-27(21-9-12-24(32)18(2)15-21)36-28(35-26)22-10-13-25(33)19(3)16-22/h8-16H,1-7H3. The van der Waals surface area contributed by atoms with E-state index in [-0.39, 0.29) is 0 Å². The van der Waals surface area contributed by atoms with E-state index in [9.17, 15) is 0 Å². The topological polar surface area (TPSA) is 57.1 Å². The minimum absolute atomic E-state index is 0.396. The third-order valence-electron chi connectivity index (χ3n) is 7.50. The second kappa shape index (κ2) is 9.98. The van der Waals surface area contributed by atoms with Crippen LogP contribution in [0.15, 0.2) is 63.5 Å². The van der Waals surface area contributed by atoms with Crippen molar-refractivity contribution in [1.29, 1.82) is 0 Å². The molecule has 1 saturated heterocycles. The summed E-state index contributed by atoms with van der Waals surface area (Å²) in [6, 6.07) is 18.5. The van der Waals surface area contributed by atoms with Crippen molar-refractivity contribution in [3.05, 3.63) is 80.2 Å². The Kier molecular flexibility index (Phi) is 7.14. The zero-order valence-electron chi connectivity index (χ0n) is 22.7. The lowest BCUT2D eigenvalue weighted by molar-refractivity contribution is 0.00578. The molecule has 3 aromatic carbocycles. The summed E-state index contributed by atoms with van der Waals surface area (Å²) in [5.74, 6) is 1.89. The van der Waals surface area contributed by atoms with Gasteiger partial charge in [-0.25, -0.2) is 15.0 Å². The van der Waals surface area contributed by atoms with Gasteiger partial charge in [0.15, 0.2) is 17.5 Å². The lowest BCUT2D eigenvalue weighted by Crippen LogP contribution is -2.41. The van der Waals surface area contributed by atoms with Crippen LogP contribution in [-0.4, -0.2) is 33.3 Å². The van der Waals surface area contributed by atoms with Crippen LogP contribution in [0.25, 0.3) is 34.2 Å². The third-order valence-corrected chi connectivity index (χ3v) is 9.28. The van der Waals surface area contributed by atoms with Crippen LogP contribution in [0.3, 0.4) is 0 Å². The first-order chi connectivity index (χ1) is 17.8. The Morgan fingerprint density at radius 3 is 1.32 bits per heavy atom. The molecule has 0 aliphatic carbocycles. The number of hydrogen-bond donors (Lipinski definition) is 0. The van der Waals surface area contributed by atoms with E-state index in [1.54, 1.807) is 0 Å². The minimum atomic E-state index is -0.421. The number of aromatic nitrogens is 3. The van der Waals surface area contributed by atoms with Gasteiger partial charge in [0.2, 0.25) is 0 Å². The molecule has 0 atom stereocenters. The van der Waals surface area contributed by atoms with Crippen molar-refractivity contribution >= 4 is 44.4 Å². The van der Waals surface area contributed by atoms with Crippen molar-refractivity contribution < 1.29 is 9.31 Å². The molecule has 0 saturated carbocycles. The zero-order chi connectivity index (χ0) is 27.4. The van der Waals surface area contributed by atoms with Crippen molar-refractivity contribution in [2.45, 2.75) is 59.7 Å². The summed E-state index contributed by atoms with van der Waals surface area (Å²) in [5.41, 5.74) is 6.30. The summed E-state index contributed by atoms with van der Waals surface area (Å²) < 4.78 is 14.7. The molecule has 0 N–H and O–H groups in total. The van der Waals surface area contributed by atoms with Crippen LogP contribution < -0.4 is 5.46 Å². The lowest BCUT2D eigenvalue weighted by Gasteiger charge is -2.32. The van der Waals surface area contributed by atoms with Gasteiger partial charge in [0, 0.05) is 25.6 Å². The second-order valence-electron chi connectivity index (χ2n) is 10.9. The van der Waals surface area contributed by atoms with Crippen LogP contribution >= 0.6 is 31.9 Å². The first kappa shape index (κ1) is 27.2. The van der Waals surface area contributed by atoms with E-state index >= 15 is 0 Å². The van der Waals surface area contributed by atoms with Crippen LogP contribution in [0.2, 0.25) is 0 Å². The number of hydrogen-bond acceptors (Lipinski definition) is 5. The Labute approximate surface area is 241 Å². The highest BCUT2D eigenvalue weighted by Gasteiger charge is 2.52. The Bertz CT molecular complexity index is 1470.